The van der Waals surface area contributed by atoms with Crippen molar-refractivity contribution in [3.05, 3.63) is 62.7 Å². The van der Waals surface area contributed by atoms with Gasteiger partial charge in [0.1, 0.15) is 18.6 Å². The van der Waals surface area contributed by atoms with Crippen LogP contribution in [0.15, 0.2) is 18.2 Å². The van der Waals surface area contributed by atoms with Gasteiger partial charge in [-0.1, -0.05) is 6.07 Å². The van der Waals surface area contributed by atoms with Gasteiger partial charge in [0.25, 0.3) is 6.47 Å². The molecule has 5 N–H and O–H groups in total. The normalized spacial score (nSPS) is 29.7. The standard InChI is InChI=1S/C37H39N3O11S/c1-15-7-18-8-20-35(44)40-21-11-48-36(45)37(19-10-23(46-3)22(42)9-17(19)5-6-38-37)12-52-34(28(40)27(39-20)24(18)29(43)30(15)47-4)26-25(21)33-32(50-14-51-33)16(2)31(26)49-13-41/h7,9-10,13,20-21,27-28,34-35,38-39,42-44H,5-6,8,11-12,14H2,1-4H3/t20-,21+,27-,28-,34-,35+,37-/m1/s1. The summed E-state index contributed by atoms with van der Waals surface area (Å²) in [6.07, 6.45) is -0.0628. The predicted octanol–water partition coefficient (Wildman–Crippen LogP) is 2.68. The Hall–Kier alpha value is -4.41. The Kier molecular flexibility index (Phi) is 7.76. The van der Waals surface area contributed by atoms with Crippen molar-refractivity contribution >= 4 is 24.2 Å². The number of methoxy groups -OCH3 is 2. The second-order valence-corrected chi connectivity index (χ2v) is 15.3. The highest BCUT2D eigenvalue weighted by Gasteiger charge is 2.60. The first-order valence-corrected chi connectivity index (χ1v) is 18.3. The van der Waals surface area contributed by atoms with Crippen LogP contribution in [0, 0.1) is 13.8 Å². The Labute approximate surface area is 303 Å². The van der Waals surface area contributed by atoms with E-state index in [9.17, 15) is 24.9 Å². The van der Waals surface area contributed by atoms with Crippen LogP contribution >= 0.6 is 11.8 Å². The number of hydrogen-bond donors (Lipinski definition) is 5. The lowest BCUT2D eigenvalue weighted by molar-refractivity contribution is -0.164. The van der Waals surface area contributed by atoms with E-state index in [2.05, 4.69) is 10.6 Å². The van der Waals surface area contributed by atoms with Crippen LogP contribution < -0.4 is 34.3 Å². The molecule has 0 radical (unpaired) electrons. The molecule has 2 fully saturated rings. The van der Waals surface area contributed by atoms with E-state index in [-0.39, 0.29) is 36.4 Å². The van der Waals surface area contributed by atoms with E-state index in [4.69, 9.17) is 28.4 Å². The molecule has 0 amide bonds. The Balaban J connectivity index is 1.30. The molecule has 0 unspecified atom stereocenters. The molecule has 7 aliphatic rings. The second kappa shape index (κ2) is 12.1. The van der Waals surface area contributed by atoms with Gasteiger partial charge in [0.15, 0.2) is 40.0 Å². The van der Waals surface area contributed by atoms with Gasteiger partial charge in [-0.2, -0.15) is 0 Å². The van der Waals surface area contributed by atoms with Gasteiger partial charge in [0.2, 0.25) is 6.79 Å². The fraction of sp³-hybridized carbons (Fsp3) is 0.459. The molecule has 0 aromatic heterocycles. The van der Waals surface area contributed by atoms with Crippen molar-refractivity contribution in [1.29, 1.82) is 0 Å². The Morgan fingerprint density at radius 1 is 1.02 bits per heavy atom. The summed E-state index contributed by atoms with van der Waals surface area (Å²) in [4.78, 5) is 28.8. The number of thioether (sulfide) groups is 1. The molecule has 0 aliphatic carbocycles. The maximum Gasteiger partial charge on any atom is 0.331 e. The number of benzene rings is 3. The lowest BCUT2D eigenvalue weighted by atomic mass is 9.74. The number of esters is 1. The first-order chi connectivity index (χ1) is 25.1. The third-order valence-electron chi connectivity index (χ3n) is 11.7. The van der Waals surface area contributed by atoms with Crippen LogP contribution in [0.4, 0.5) is 0 Å². The van der Waals surface area contributed by atoms with Crippen LogP contribution in [0.2, 0.25) is 0 Å². The van der Waals surface area contributed by atoms with E-state index in [1.165, 1.54) is 26.0 Å². The third-order valence-corrected chi connectivity index (χ3v) is 13.2. The molecule has 10 rings (SSSR count). The fourth-order valence-corrected chi connectivity index (χ4v) is 11.2. The van der Waals surface area contributed by atoms with Crippen LogP contribution in [0.5, 0.6) is 40.2 Å². The van der Waals surface area contributed by atoms with Crippen LogP contribution in [-0.4, -0.2) is 90.9 Å². The van der Waals surface area contributed by atoms with Crippen molar-refractivity contribution in [3.8, 4) is 40.2 Å². The highest BCUT2D eigenvalue weighted by atomic mass is 32.2. The number of aromatic hydroxyl groups is 2. The topological polar surface area (TPSA) is 178 Å². The minimum atomic E-state index is -1.35. The summed E-state index contributed by atoms with van der Waals surface area (Å²) in [7, 11) is 2.98. The largest absolute Gasteiger partial charge is 0.504 e. The molecule has 3 aromatic rings. The van der Waals surface area contributed by atoms with Crippen molar-refractivity contribution in [2.45, 2.75) is 67.9 Å². The average Bonchev–Trinajstić information content (AvgIpc) is 3.63. The average molecular weight is 734 g/mol. The van der Waals surface area contributed by atoms with Gasteiger partial charge in [-0.25, -0.2) is 4.79 Å². The number of piperazine rings is 1. The highest BCUT2D eigenvalue weighted by molar-refractivity contribution is 7.99. The summed E-state index contributed by atoms with van der Waals surface area (Å²) in [5.74, 6) is 1.39. The van der Waals surface area contributed by atoms with Gasteiger partial charge < -0.3 is 49.1 Å². The summed E-state index contributed by atoms with van der Waals surface area (Å²) in [5.41, 5.74) is 4.25. The Morgan fingerprint density at radius 3 is 2.60 bits per heavy atom. The van der Waals surface area contributed by atoms with Crippen LogP contribution in [0.25, 0.3) is 0 Å². The van der Waals surface area contributed by atoms with E-state index in [1.807, 2.05) is 17.9 Å². The number of phenolic OH excluding ortho intramolecular Hbond substituents is 2. The molecule has 52 heavy (non-hydrogen) atoms. The van der Waals surface area contributed by atoms with E-state index in [1.54, 1.807) is 19.1 Å². The number of nitrogens with one attached hydrogen (secondary N) is 2. The monoisotopic (exact) mass is 733 g/mol. The Bertz CT molecular complexity index is 2040. The van der Waals surface area contributed by atoms with Gasteiger partial charge in [-0.3, -0.25) is 15.0 Å². The maximum absolute atomic E-state index is 14.6. The first kappa shape index (κ1) is 33.4. The fourth-order valence-electron chi connectivity index (χ4n) is 9.53. The van der Waals surface area contributed by atoms with Gasteiger partial charge in [0.05, 0.1) is 37.6 Å². The van der Waals surface area contributed by atoms with Gasteiger partial charge in [-0.05, 0) is 61.1 Å². The quantitative estimate of drug-likeness (QED) is 0.195. The van der Waals surface area contributed by atoms with Gasteiger partial charge in [-0.15, -0.1) is 11.8 Å². The lowest BCUT2D eigenvalue weighted by Crippen LogP contribution is -2.69. The molecule has 14 nitrogen and oxygen atoms in total. The maximum atomic E-state index is 14.6. The molecule has 1 spiro atoms. The summed E-state index contributed by atoms with van der Waals surface area (Å²) < 4.78 is 35.4. The molecule has 2 saturated heterocycles. The van der Waals surface area contributed by atoms with E-state index in [0.29, 0.717) is 76.7 Å². The third kappa shape index (κ3) is 4.46. The van der Waals surface area contributed by atoms with E-state index >= 15 is 0 Å². The predicted molar refractivity (Wildman–Crippen MR) is 185 cm³/mol. The number of rotatable bonds is 4. The number of hydrogen-bond acceptors (Lipinski definition) is 15. The highest BCUT2D eigenvalue weighted by Crippen LogP contribution is 2.63. The molecule has 7 heterocycles. The van der Waals surface area contributed by atoms with E-state index < -0.39 is 47.2 Å². The molecule has 7 atom stereocenters. The summed E-state index contributed by atoms with van der Waals surface area (Å²) in [6, 6.07) is 2.99. The molecule has 15 heteroatoms. The zero-order valence-electron chi connectivity index (χ0n) is 29.0. The molecular formula is C37H39N3O11S. The van der Waals surface area contributed by atoms with E-state index in [0.717, 1.165) is 16.7 Å². The van der Waals surface area contributed by atoms with Crippen molar-refractivity contribution in [3.63, 3.8) is 0 Å². The van der Waals surface area contributed by atoms with Crippen molar-refractivity contribution in [2.24, 2.45) is 0 Å². The number of nitrogens with zero attached hydrogens (tertiary/aromatic N) is 1. The number of aliphatic hydroxyl groups is 1. The number of carbonyl (C=O) groups excluding carboxylic acids is 2. The Morgan fingerprint density at radius 2 is 1.83 bits per heavy atom. The van der Waals surface area contributed by atoms with Crippen LogP contribution in [0.1, 0.15) is 61.8 Å². The SMILES string of the molecule is COc1cc2c(cc1O)CCN[C@]21CS[C@@H]2c3c(OC=O)c(C)c4c(c3[C@H](COC1=O)N1[C@@H]2[C@@H]2N[C@H](Cc3cc(C)c(OC)c(O)c32)[C@@H]1O)OCO4. The lowest BCUT2D eigenvalue weighted by Gasteiger charge is -2.59. The van der Waals surface area contributed by atoms with Crippen LogP contribution in [0.3, 0.4) is 0 Å². The summed E-state index contributed by atoms with van der Waals surface area (Å²) in [6.45, 7) is 4.26. The smallest absolute Gasteiger partial charge is 0.331 e. The van der Waals surface area contributed by atoms with Crippen molar-refractivity contribution in [1.82, 2.24) is 15.5 Å². The van der Waals surface area contributed by atoms with Gasteiger partial charge in [0, 0.05) is 40.6 Å². The zero-order chi connectivity index (χ0) is 36.2. The van der Waals surface area contributed by atoms with Gasteiger partial charge >= 0.3 is 5.97 Å². The number of carbonyl (C=O) groups is 2. The number of fused-ring (bicyclic) bond motifs is 9. The van der Waals surface area contributed by atoms with Crippen molar-refractivity contribution < 1.29 is 53.3 Å². The summed E-state index contributed by atoms with van der Waals surface area (Å²) >= 11 is 1.45. The number of aliphatic hydroxyl groups excluding tert-OH is 1. The minimum Gasteiger partial charge on any atom is -0.504 e. The first-order valence-electron chi connectivity index (χ1n) is 17.2. The molecule has 274 valence electrons. The number of ether oxygens (including phenoxy) is 6. The minimum absolute atomic E-state index is 0.0203. The zero-order valence-corrected chi connectivity index (χ0v) is 29.8. The molecule has 7 aliphatic heterocycles. The van der Waals surface area contributed by atoms with Crippen LogP contribution in [-0.2, 0) is 32.7 Å². The molecular weight excluding hydrogens is 694 g/mol. The number of aryl methyl sites for hydroxylation is 1. The second-order valence-electron chi connectivity index (χ2n) is 14.1. The number of phenols is 2. The van der Waals surface area contributed by atoms with Crippen molar-refractivity contribution in [2.75, 3.05) is 39.9 Å². The molecule has 0 saturated carbocycles. The molecule has 3 aromatic carbocycles. The summed E-state index contributed by atoms with van der Waals surface area (Å²) in [5, 5.41) is 41.4. The molecule has 4 bridgehead atoms.